The zero-order valence-corrected chi connectivity index (χ0v) is 18.4. The van der Waals surface area contributed by atoms with E-state index in [4.69, 9.17) is 0 Å². The van der Waals surface area contributed by atoms with Gasteiger partial charge in [0.2, 0.25) is 5.91 Å². The molecule has 5 nitrogen and oxygen atoms in total. The van der Waals surface area contributed by atoms with E-state index in [1.807, 2.05) is 62.4 Å². The van der Waals surface area contributed by atoms with Gasteiger partial charge in [-0.15, -0.1) is 0 Å². The van der Waals surface area contributed by atoms with Crippen LogP contribution in [-0.2, 0) is 15.2 Å². The SMILES string of the molecule is CC(C)C(O)(C(=O)N1CCC2(CC1)CC(=O)NC[C@H]2c1ccccc1)c1ccccc1. The maximum Gasteiger partial charge on any atom is 0.259 e. The van der Waals surface area contributed by atoms with Gasteiger partial charge in [0.1, 0.15) is 0 Å². The van der Waals surface area contributed by atoms with Crippen molar-refractivity contribution in [2.75, 3.05) is 19.6 Å². The van der Waals surface area contributed by atoms with Crippen LogP contribution in [0.2, 0.25) is 0 Å². The van der Waals surface area contributed by atoms with E-state index in [0.29, 0.717) is 31.6 Å². The number of nitrogens with one attached hydrogen (secondary N) is 1. The summed E-state index contributed by atoms with van der Waals surface area (Å²) < 4.78 is 0. The number of rotatable bonds is 4. The topological polar surface area (TPSA) is 69.6 Å². The lowest BCUT2D eigenvalue weighted by Crippen LogP contribution is -2.56. The van der Waals surface area contributed by atoms with Crippen LogP contribution < -0.4 is 5.32 Å². The highest BCUT2D eigenvalue weighted by Gasteiger charge is 2.50. The number of likely N-dealkylation sites (tertiary alicyclic amines) is 1. The first-order valence-corrected chi connectivity index (χ1v) is 11.3. The molecule has 2 N–H and O–H groups in total. The normalized spacial score (nSPS) is 22.8. The average Bonchev–Trinajstić information content (AvgIpc) is 2.79. The van der Waals surface area contributed by atoms with E-state index in [9.17, 15) is 14.7 Å². The number of aliphatic hydroxyl groups is 1. The second-order valence-corrected chi connectivity index (χ2v) is 9.39. The average molecular weight is 421 g/mol. The van der Waals surface area contributed by atoms with Gasteiger partial charge in [-0.25, -0.2) is 0 Å². The zero-order valence-electron chi connectivity index (χ0n) is 18.4. The number of piperidine rings is 2. The molecule has 4 rings (SSSR count). The number of hydrogen-bond acceptors (Lipinski definition) is 3. The van der Waals surface area contributed by atoms with Crippen molar-refractivity contribution in [1.29, 1.82) is 0 Å². The quantitative estimate of drug-likeness (QED) is 0.796. The van der Waals surface area contributed by atoms with Gasteiger partial charge in [0.05, 0.1) is 0 Å². The number of carbonyl (C=O) groups excluding carboxylic acids is 2. The van der Waals surface area contributed by atoms with Crippen molar-refractivity contribution >= 4 is 11.8 Å². The lowest BCUT2D eigenvalue weighted by molar-refractivity contribution is -0.161. The molecule has 2 atom stereocenters. The van der Waals surface area contributed by atoms with Crippen molar-refractivity contribution in [1.82, 2.24) is 10.2 Å². The standard InChI is InChI=1S/C26H32N2O3/c1-19(2)26(31,21-11-7-4-8-12-21)24(30)28-15-13-25(14-16-28)17-23(29)27-18-22(25)20-9-5-3-6-10-20/h3-12,19,22,31H,13-18H2,1-2H3,(H,27,29)/t22-,26?/m0/s1. The molecule has 2 aliphatic heterocycles. The minimum atomic E-state index is -1.55. The number of nitrogens with zero attached hydrogens (tertiary/aromatic N) is 1. The van der Waals surface area contributed by atoms with Gasteiger partial charge < -0.3 is 15.3 Å². The van der Waals surface area contributed by atoms with Crippen molar-refractivity contribution in [3.63, 3.8) is 0 Å². The third-order valence-corrected chi connectivity index (χ3v) is 7.38. The number of carbonyl (C=O) groups is 2. The molecule has 0 aromatic heterocycles. The van der Waals surface area contributed by atoms with E-state index in [2.05, 4.69) is 17.4 Å². The summed E-state index contributed by atoms with van der Waals surface area (Å²) in [5, 5.41) is 14.5. The van der Waals surface area contributed by atoms with E-state index in [1.54, 1.807) is 4.90 Å². The van der Waals surface area contributed by atoms with E-state index in [-0.39, 0.29) is 29.1 Å². The molecule has 0 aliphatic carbocycles. The van der Waals surface area contributed by atoms with Crippen molar-refractivity contribution in [3.05, 3.63) is 71.8 Å². The molecule has 164 valence electrons. The Morgan fingerprint density at radius 2 is 1.65 bits per heavy atom. The van der Waals surface area contributed by atoms with Crippen LogP contribution in [0.1, 0.15) is 50.2 Å². The molecule has 0 saturated carbocycles. The molecule has 2 aromatic rings. The van der Waals surface area contributed by atoms with E-state index >= 15 is 0 Å². The molecule has 1 unspecified atom stereocenters. The Hall–Kier alpha value is -2.66. The molecule has 2 amide bonds. The summed E-state index contributed by atoms with van der Waals surface area (Å²) in [6, 6.07) is 19.6. The Kier molecular flexibility index (Phi) is 5.89. The van der Waals surface area contributed by atoms with Crippen LogP contribution in [0, 0.1) is 11.3 Å². The second kappa shape index (κ2) is 8.46. The van der Waals surface area contributed by atoms with Crippen LogP contribution in [0.15, 0.2) is 60.7 Å². The maximum atomic E-state index is 13.5. The van der Waals surface area contributed by atoms with Crippen LogP contribution in [0.4, 0.5) is 0 Å². The highest BCUT2D eigenvalue weighted by Crippen LogP contribution is 2.49. The van der Waals surface area contributed by atoms with Gasteiger partial charge in [0.15, 0.2) is 5.60 Å². The van der Waals surface area contributed by atoms with E-state index in [1.165, 1.54) is 5.56 Å². The fraction of sp³-hybridized carbons (Fsp3) is 0.462. The number of hydrogen-bond donors (Lipinski definition) is 2. The van der Waals surface area contributed by atoms with Gasteiger partial charge in [-0.05, 0) is 35.3 Å². The fourth-order valence-corrected chi connectivity index (χ4v) is 5.41. The minimum absolute atomic E-state index is 0.0925. The number of amides is 2. The van der Waals surface area contributed by atoms with Crippen molar-refractivity contribution in [2.45, 2.75) is 44.6 Å². The first-order chi connectivity index (χ1) is 14.9. The third-order valence-electron chi connectivity index (χ3n) is 7.38. The summed E-state index contributed by atoms with van der Waals surface area (Å²) in [6.45, 7) is 5.51. The third kappa shape index (κ3) is 3.87. The Morgan fingerprint density at radius 1 is 1.06 bits per heavy atom. The maximum absolute atomic E-state index is 13.5. The van der Waals surface area contributed by atoms with Gasteiger partial charge in [-0.3, -0.25) is 9.59 Å². The predicted octanol–water partition coefficient (Wildman–Crippen LogP) is 3.44. The Bertz CT molecular complexity index is 920. The van der Waals surface area contributed by atoms with Gasteiger partial charge in [0.25, 0.3) is 5.91 Å². The molecule has 1 spiro atoms. The molecular formula is C26H32N2O3. The van der Waals surface area contributed by atoms with Gasteiger partial charge in [-0.1, -0.05) is 74.5 Å². The Morgan fingerprint density at radius 3 is 2.23 bits per heavy atom. The van der Waals surface area contributed by atoms with Crippen molar-refractivity contribution < 1.29 is 14.7 Å². The van der Waals surface area contributed by atoms with Crippen LogP contribution in [0.25, 0.3) is 0 Å². The summed E-state index contributed by atoms with van der Waals surface area (Å²) >= 11 is 0. The highest BCUT2D eigenvalue weighted by molar-refractivity contribution is 5.87. The molecule has 5 heteroatoms. The zero-order chi connectivity index (χ0) is 22.1. The summed E-state index contributed by atoms with van der Waals surface area (Å²) in [5.74, 6) is -0.160. The van der Waals surface area contributed by atoms with Crippen LogP contribution in [-0.4, -0.2) is 41.5 Å². The summed E-state index contributed by atoms with van der Waals surface area (Å²) in [6.07, 6.45) is 2.01. The van der Waals surface area contributed by atoms with Crippen LogP contribution in [0.5, 0.6) is 0 Å². The Balaban J connectivity index is 1.56. The summed E-state index contributed by atoms with van der Waals surface area (Å²) in [5.41, 5.74) is 0.178. The molecule has 0 radical (unpaired) electrons. The molecule has 0 bridgehead atoms. The molecule has 2 fully saturated rings. The predicted molar refractivity (Wildman–Crippen MR) is 120 cm³/mol. The fourth-order valence-electron chi connectivity index (χ4n) is 5.41. The van der Waals surface area contributed by atoms with E-state index in [0.717, 1.165) is 12.8 Å². The minimum Gasteiger partial charge on any atom is -0.375 e. The summed E-state index contributed by atoms with van der Waals surface area (Å²) in [4.78, 5) is 27.7. The largest absolute Gasteiger partial charge is 0.375 e. The Labute approximate surface area is 184 Å². The monoisotopic (exact) mass is 420 g/mol. The van der Waals surface area contributed by atoms with E-state index < -0.39 is 5.60 Å². The van der Waals surface area contributed by atoms with Crippen LogP contribution in [0.3, 0.4) is 0 Å². The molecule has 2 heterocycles. The first-order valence-electron chi connectivity index (χ1n) is 11.3. The molecule has 2 aliphatic rings. The highest BCUT2D eigenvalue weighted by atomic mass is 16.3. The lowest BCUT2D eigenvalue weighted by atomic mass is 9.62. The number of benzene rings is 2. The van der Waals surface area contributed by atoms with Crippen molar-refractivity contribution in [3.8, 4) is 0 Å². The molecular weight excluding hydrogens is 388 g/mol. The van der Waals surface area contributed by atoms with Gasteiger partial charge in [-0.2, -0.15) is 0 Å². The van der Waals surface area contributed by atoms with Gasteiger partial charge >= 0.3 is 0 Å². The first kappa shape index (κ1) is 21.6. The molecule has 31 heavy (non-hydrogen) atoms. The smallest absolute Gasteiger partial charge is 0.259 e. The summed E-state index contributed by atoms with van der Waals surface area (Å²) in [7, 11) is 0. The van der Waals surface area contributed by atoms with Gasteiger partial charge in [0, 0.05) is 32.0 Å². The van der Waals surface area contributed by atoms with Crippen molar-refractivity contribution in [2.24, 2.45) is 11.3 Å². The second-order valence-electron chi connectivity index (χ2n) is 9.39. The molecule has 2 saturated heterocycles. The van der Waals surface area contributed by atoms with Crippen LogP contribution >= 0.6 is 0 Å². The molecule has 2 aromatic carbocycles. The lowest BCUT2D eigenvalue weighted by Gasteiger charge is -2.50.